The Balaban J connectivity index is 2.31. The van der Waals surface area contributed by atoms with Gasteiger partial charge in [-0.25, -0.2) is 0 Å². The zero-order valence-electron chi connectivity index (χ0n) is 10.9. The minimum absolute atomic E-state index is 0.0107. The van der Waals surface area contributed by atoms with Crippen LogP contribution < -0.4 is 5.32 Å². The molecule has 0 saturated carbocycles. The number of carbonyl (C=O) groups excluding carboxylic acids is 1. The van der Waals surface area contributed by atoms with Crippen molar-refractivity contribution >= 4 is 33.2 Å². The predicted molar refractivity (Wildman–Crippen MR) is 79.9 cm³/mol. The number of halogens is 2. The molecule has 0 spiro atoms. The zero-order valence-corrected chi connectivity index (χ0v) is 12.5. The van der Waals surface area contributed by atoms with Gasteiger partial charge in [-0.3, -0.25) is 14.9 Å². The summed E-state index contributed by atoms with van der Waals surface area (Å²) in [6, 6.07) is 8.33. The zero-order chi connectivity index (χ0) is 15.6. The Morgan fingerprint density at radius 3 is 2.71 bits per heavy atom. The summed E-state index contributed by atoms with van der Waals surface area (Å²) >= 11 is 3.35. The standard InChI is InChI=1S/C14H10BrFN2O3/c1-8-3-2-4-11(13(8)15)17-14(19)9-5-6-10(16)12(7-9)18(20)21/h2-7H,1H3,(H,17,19). The molecule has 0 aliphatic carbocycles. The quantitative estimate of drug-likeness (QED) is 0.668. The average molecular weight is 353 g/mol. The van der Waals surface area contributed by atoms with Crippen molar-refractivity contribution in [1.82, 2.24) is 0 Å². The summed E-state index contributed by atoms with van der Waals surface area (Å²) in [5, 5.41) is 13.3. The van der Waals surface area contributed by atoms with Gasteiger partial charge in [-0.2, -0.15) is 4.39 Å². The highest BCUT2D eigenvalue weighted by Crippen LogP contribution is 2.26. The lowest BCUT2D eigenvalue weighted by Gasteiger charge is -2.09. The second-order valence-corrected chi connectivity index (χ2v) is 5.11. The lowest BCUT2D eigenvalue weighted by atomic mass is 10.1. The summed E-state index contributed by atoms with van der Waals surface area (Å²) < 4.78 is 14.0. The van der Waals surface area contributed by atoms with Crippen LogP contribution in [-0.4, -0.2) is 10.8 Å². The number of nitrogens with one attached hydrogen (secondary N) is 1. The first kappa shape index (κ1) is 15.1. The van der Waals surface area contributed by atoms with Crippen molar-refractivity contribution in [1.29, 1.82) is 0 Å². The summed E-state index contributed by atoms with van der Waals surface area (Å²) in [6.07, 6.45) is 0. The van der Waals surface area contributed by atoms with E-state index in [-0.39, 0.29) is 5.56 Å². The van der Waals surface area contributed by atoms with Crippen molar-refractivity contribution < 1.29 is 14.1 Å². The molecule has 0 aliphatic heterocycles. The van der Waals surface area contributed by atoms with Crippen LogP contribution in [0, 0.1) is 22.9 Å². The molecular weight excluding hydrogens is 343 g/mol. The number of anilines is 1. The van der Waals surface area contributed by atoms with Gasteiger partial charge in [0.1, 0.15) is 0 Å². The number of carbonyl (C=O) groups is 1. The molecule has 7 heteroatoms. The van der Waals surface area contributed by atoms with E-state index >= 15 is 0 Å². The van der Waals surface area contributed by atoms with E-state index in [0.717, 1.165) is 22.2 Å². The molecule has 0 unspecified atom stereocenters. The number of nitrogens with zero attached hydrogens (tertiary/aromatic N) is 1. The van der Waals surface area contributed by atoms with Crippen LogP contribution in [0.15, 0.2) is 40.9 Å². The third kappa shape index (κ3) is 3.25. The van der Waals surface area contributed by atoms with Gasteiger partial charge in [-0.1, -0.05) is 12.1 Å². The normalized spacial score (nSPS) is 10.2. The molecule has 21 heavy (non-hydrogen) atoms. The fourth-order valence-electron chi connectivity index (χ4n) is 1.73. The van der Waals surface area contributed by atoms with E-state index in [1.807, 2.05) is 13.0 Å². The van der Waals surface area contributed by atoms with E-state index in [1.54, 1.807) is 12.1 Å². The van der Waals surface area contributed by atoms with Crippen LogP contribution in [0.4, 0.5) is 15.8 Å². The Labute approximate surface area is 128 Å². The minimum Gasteiger partial charge on any atom is -0.321 e. The van der Waals surface area contributed by atoms with Gasteiger partial charge >= 0.3 is 5.69 Å². The maximum absolute atomic E-state index is 13.2. The largest absolute Gasteiger partial charge is 0.321 e. The van der Waals surface area contributed by atoms with Crippen molar-refractivity contribution in [3.05, 3.63) is 67.9 Å². The van der Waals surface area contributed by atoms with Gasteiger partial charge in [0.05, 0.1) is 10.6 Å². The van der Waals surface area contributed by atoms with Crippen LogP contribution in [0.2, 0.25) is 0 Å². The summed E-state index contributed by atoms with van der Waals surface area (Å²) in [6.45, 7) is 1.86. The van der Waals surface area contributed by atoms with Crippen LogP contribution in [-0.2, 0) is 0 Å². The Morgan fingerprint density at radius 1 is 1.33 bits per heavy atom. The highest BCUT2D eigenvalue weighted by molar-refractivity contribution is 9.10. The summed E-state index contributed by atoms with van der Waals surface area (Å²) in [5.74, 6) is -1.53. The molecule has 108 valence electrons. The first-order valence-electron chi connectivity index (χ1n) is 5.90. The molecule has 0 bridgehead atoms. The molecule has 0 saturated heterocycles. The molecule has 0 heterocycles. The van der Waals surface area contributed by atoms with Gasteiger partial charge in [0.25, 0.3) is 5.91 Å². The molecule has 1 N–H and O–H groups in total. The highest BCUT2D eigenvalue weighted by atomic mass is 79.9. The van der Waals surface area contributed by atoms with E-state index < -0.39 is 22.3 Å². The van der Waals surface area contributed by atoms with Gasteiger partial charge in [-0.15, -0.1) is 0 Å². The van der Waals surface area contributed by atoms with Gasteiger partial charge in [-0.05, 0) is 46.6 Å². The fraction of sp³-hybridized carbons (Fsp3) is 0.0714. The van der Waals surface area contributed by atoms with Crippen LogP contribution in [0.1, 0.15) is 15.9 Å². The van der Waals surface area contributed by atoms with Crippen molar-refractivity contribution in [3.8, 4) is 0 Å². The maximum atomic E-state index is 13.2. The number of nitro benzene ring substituents is 1. The minimum atomic E-state index is -0.978. The smallest absolute Gasteiger partial charge is 0.305 e. The molecule has 2 aromatic carbocycles. The van der Waals surface area contributed by atoms with Gasteiger partial charge < -0.3 is 5.32 Å². The number of nitro groups is 1. The Kier molecular flexibility index (Phi) is 4.32. The average Bonchev–Trinajstić information content (AvgIpc) is 2.44. The van der Waals surface area contributed by atoms with Gasteiger partial charge in [0, 0.05) is 16.1 Å². The molecule has 1 amide bonds. The summed E-state index contributed by atoms with van der Waals surface area (Å²) in [4.78, 5) is 21.9. The molecule has 0 fully saturated rings. The van der Waals surface area contributed by atoms with Crippen molar-refractivity contribution in [2.24, 2.45) is 0 Å². The lowest BCUT2D eigenvalue weighted by Crippen LogP contribution is -2.13. The molecule has 0 atom stereocenters. The van der Waals surface area contributed by atoms with Crippen LogP contribution in [0.25, 0.3) is 0 Å². The number of aryl methyl sites for hydroxylation is 1. The van der Waals surface area contributed by atoms with E-state index in [0.29, 0.717) is 5.69 Å². The SMILES string of the molecule is Cc1cccc(NC(=O)c2ccc(F)c([N+](=O)[O-])c2)c1Br. The Bertz CT molecular complexity index is 734. The number of hydrogen-bond donors (Lipinski definition) is 1. The van der Waals surface area contributed by atoms with Gasteiger partial charge in [0.15, 0.2) is 0 Å². The lowest BCUT2D eigenvalue weighted by molar-refractivity contribution is -0.387. The second kappa shape index (κ2) is 6.01. The van der Waals surface area contributed by atoms with Crippen molar-refractivity contribution in [2.75, 3.05) is 5.32 Å². The number of rotatable bonds is 3. The Hall–Kier alpha value is -2.28. The summed E-state index contributed by atoms with van der Waals surface area (Å²) in [5.41, 5.74) is 0.743. The number of amides is 1. The topological polar surface area (TPSA) is 72.2 Å². The third-order valence-corrected chi connectivity index (χ3v) is 3.90. The summed E-state index contributed by atoms with van der Waals surface area (Å²) in [7, 11) is 0. The van der Waals surface area contributed by atoms with E-state index in [1.165, 1.54) is 6.07 Å². The first-order valence-corrected chi connectivity index (χ1v) is 6.70. The van der Waals surface area contributed by atoms with Crippen LogP contribution >= 0.6 is 15.9 Å². The van der Waals surface area contributed by atoms with Crippen molar-refractivity contribution in [3.63, 3.8) is 0 Å². The van der Waals surface area contributed by atoms with Crippen molar-refractivity contribution in [2.45, 2.75) is 6.92 Å². The monoisotopic (exact) mass is 352 g/mol. The highest BCUT2D eigenvalue weighted by Gasteiger charge is 2.18. The number of benzene rings is 2. The van der Waals surface area contributed by atoms with E-state index in [4.69, 9.17) is 0 Å². The van der Waals surface area contributed by atoms with Crippen LogP contribution in [0.3, 0.4) is 0 Å². The van der Waals surface area contributed by atoms with E-state index in [9.17, 15) is 19.3 Å². The third-order valence-electron chi connectivity index (χ3n) is 2.85. The maximum Gasteiger partial charge on any atom is 0.305 e. The Morgan fingerprint density at radius 2 is 2.05 bits per heavy atom. The molecule has 5 nitrogen and oxygen atoms in total. The van der Waals surface area contributed by atoms with Crippen LogP contribution in [0.5, 0.6) is 0 Å². The predicted octanol–water partition coefficient (Wildman–Crippen LogP) is 4.06. The molecule has 2 aromatic rings. The molecular formula is C14H10BrFN2O3. The first-order chi connectivity index (χ1) is 9.90. The fourth-order valence-corrected chi connectivity index (χ4v) is 2.10. The second-order valence-electron chi connectivity index (χ2n) is 4.31. The number of hydrogen-bond acceptors (Lipinski definition) is 3. The molecule has 0 radical (unpaired) electrons. The van der Waals surface area contributed by atoms with E-state index in [2.05, 4.69) is 21.2 Å². The molecule has 0 aliphatic rings. The van der Waals surface area contributed by atoms with Gasteiger partial charge in [0.2, 0.25) is 5.82 Å². The molecule has 2 rings (SSSR count). The molecule has 0 aromatic heterocycles.